The van der Waals surface area contributed by atoms with Crippen LogP contribution >= 0.6 is 0 Å². The summed E-state index contributed by atoms with van der Waals surface area (Å²) in [6.07, 6.45) is 4.61. The molecule has 0 unspecified atom stereocenters. The number of likely N-dealkylation sites (tertiary alicyclic amines) is 1. The molecule has 8 heteroatoms. The van der Waals surface area contributed by atoms with Gasteiger partial charge in [-0.25, -0.2) is 0 Å². The summed E-state index contributed by atoms with van der Waals surface area (Å²) >= 11 is 0. The minimum Gasteiger partial charge on any atom is -0.353 e. The molecule has 1 saturated heterocycles. The van der Waals surface area contributed by atoms with Gasteiger partial charge < -0.3 is 5.32 Å². The molecule has 0 aliphatic carbocycles. The Kier molecular flexibility index (Phi) is 4.33. The summed E-state index contributed by atoms with van der Waals surface area (Å²) < 4.78 is 1.27. The molecule has 2 heterocycles. The summed E-state index contributed by atoms with van der Waals surface area (Å²) in [7, 11) is 2.06. The molecule has 1 amide bonds. The van der Waals surface area contributed by atoms with E-state index in [4.69, 9.17) is 0 Å². The Morgan fingerprint density at radius 2 is 2.35 bits per heavy atom. The number of aromatic nitrogens is 2. The minimum absolute atomic E-state index is 0.000171. The molecule has 0 aromatic carbocycles. The fraction of sp³-hybridized carbons (Fsp3) is 0.667. The first-order valence-electron chi connectivity index (χ1n) is 6.63. The zero-order valence-corrected chi connectivity index (χ0v) is 11.7. The van der Waals surface area contributed by atoms with Crippen LogP contribution in [0.2, 0.25) is 0 Å². The predicted molar refractivity (Wildman–Crippen MR) is 72.1 cm³/mol. The van der Waals surface area contributed by atoms with Gasteiger partial charge in [-0.15, -0.1) is 0 Å². The van der Waals surface area contributed by atoms with E-state index < -0.39 is 4.92 Å². The number of hydrogen-bond donors (Lipinski definition) is 1. The molecule has 20 heavy (non-hydrogen) atoms. The summed E-state index contributed by atoms with van der Waals surface area (Å²) in [5.41, 5.74) is -0.109. The lowest BCUT2D eigenvalue weighted by Gasteiger charge is -2.23. The standard InChI is InChI=1S/C12H19N5O3/c1-9-3-4-10(15(9)2)5-13-12(18)8-16-7-11(6-14-16)17(19)20/h6-7,9-10H,3-5,8H2,1-2H3,(H,13,18)/t9-,10-/m0/s1. The molecule has 2 rings (SSSR count). The van der Waals surface area contributed by atoms with Crippen LogP contribution in [0.25, 0.3) is 0 Å². The number of carbonyl (C=O) groups excluding carboxylic acids is 1. The van der Waals surface area contributed by atoms with Crippen molar-refractivity contribution < 1.29 is 9.72 Å². The number of likely N-dealkylation sites (N-methyl/N-ethyl adjacent to an activating group) is 1. The maximum Gasteiger partial charge on any atom is 0.307 e. The summed E-state index contributed by atoms with van der Waals surface area (Å²) in [4.78, 5) is 24.0. The van der Waals surface area contributed by atoms with Crippen LogP contribution in [0.3, 0.4) is 0 Å². The molecule has 8 nitrogen and oxygen atoms in total. The van der Waals surface area contributed by atoms with Gasteiger partial charge in [-0.3, -0.25) is 24.5 Å². The summed E-state index contributed by atoms with van der Waals surface area (Å²) in [5.74, 6) is -0.184. The van der Waals surface area contributed by atoms with Crippen molar-refractivity contribution in [3.63, 3.8) is 0 Å². The van der Waals surface area contributed by atoms with Gasteiger partial charge in [0.25, 0.3) is 0 Å². The first-order valence-corrected chi connectivity index (χ1v) is 6.63. The zero-order valence-electron chi connectivity index (χ0n) is 11.7. The highest BCUT2D eigenvalue weighted by Crippen LogP contribution is 2.20. The molecule has 2 atom stereocenters. The van der Waals surface area contributed by atoms with Crippen LogP contribution in [0.15, 0.2) is 12.4 Å². The molecule has 0 spiro atoms. The molecule has 110 valence electrons. The molecule has 1 fully saturated rings. The van der Waals surface area contributed by atoms with E-state index in [-0.39, 0.29) is 18.1 Å². The van der Waals surface area contributed by atoms with Crippen LogP contribution in [0.1, 0.15) is 19.8 Å². The van der Waals surface area contributed by atoms with E-state index in [1.54, 1.807) is 0 Å². The third-order valence-electron chi connectivity index (χ3n) is 3.86. The average Bonchev–Trinajstić information content (AvgIpc) is 2.97. The van der Waals surface area contributed by atoms with Crippen molar-refractivity contribution in [2.24, 2.45) is 0 Å². The van der Waals surface area contributed by atoms with E-state index in [1.165, 1.54) is 10.9 Å². The first kappa shape index (κ1) is 14.4. The number of nitro groups is 1. The van der Waals surface area contributed by atoms with Crippen molar-refractivity contribution in [1.29, 1.82) is 0 Å². The van der Waals surface area contributed by atoms with Gasteiger partial charge in [0.1, 0.15) is 18.9 Å². The van der Waals surface area contributed by atoms with Crippen LogP contribution in [0.5, 0.6) is 0 Å². The lowest BCUT2D eigenvalue weighted by molar-refractivity contribution is -0.385. The van der Waals surface area contributed by atoms with E-state index in [9.17, 15) is 14.9 Å². The van der Waals surface area contributed by atoms with Crippen molar-refractivity contribution in [2.45, 2.75) is 38.4 Å². The van der Waals surface area contributed by atoms with Gasteiger partial charge >= 0.3 is 5.69 Å². The van der Waals surface area contributed by atoms with Crippen LogP contribution in [-0.4, -0.2) is 51.2 Å². The second-order valence-corrected chi connectivity index (χ2v) is 5.20. The molecule has 0 radical (unpaired) electrons. The number of nitrogens with zero attached hydrogens (tertiary/aromatic N) is 4. The monoisotopic (exact) mass is 281 g/mol. The van der Waals surface area contributed by atoms with E-state index in [0.29, 0.717) is 18.6 Å². The lowest BCUT2D eigenvalue weighted by Crippen LogP contribution is -2.41. The Labute approximate surface area is 116 Å². The highest BCUT2D eigenvalue weighted by Gasteiger charge is 2.27. The molecule has 0 saturated carbocycles. The Balaban J connectivity index is 1.79. The fourth-order valence-electron chi connectivity index (χ4n) is 2.41. The Bertz CT molecular complexity index is 501. The number of nitrogens with one attached hydrogen (secondary N) is 1. The van der Waals surface area contributed by atoms with Gasteiger partial charge in [0.15, 0.2) is 0 Å². The molecule has 1 aromatic rings. The Morgan fingerprint density at radius 3 is 2.90 bits per heavy atom. The normalized spacial score (nSPS) is 22.9. The van der Waals surface area contributed by atoms with Crippen molar-refractivity contribution >= 4 is 11.6 Å². The van der Waals surface area contributed by atoms with Gasteiger partial charge in [-0.05, 0) is 26.8 Å². The summed E-state index contributed by atoms with van der Waals surface area (Å²) in [5, 5.41) is 17.2. The summed E-state index contributed by atoms with van der Waals surface area (Å²) in [6.45, 7) is 2.77. The van der Waals surface area contributed by atoms with Gasteiger partial charge in [0, 0.05) is 18.6 Å². The maximum absolute atomic E-state index is 11.8. The Morgan fingerprint density at radius 1 is 1.60 bits per heavy atom. The van der Waals surface area contributed by atoms with Crippen molar-refractivity contribution in [3.05, 3.63) is 22.5 Å². The molecule has 0 bridgehead atoms. The minimum atomic E-state index is -0.531. The van der Waals surface area contributed by atoms with Crippen molar-refractivity contribution in [3.8, 4) is 0 Å². The second kappa shape index (κ2) is 6.00. The summed E-state index contributed by atoms with van der Waals surface area (Å²) in [6, 6.07) is 0.909. The van der Waals surface area contributed by atoms with Gasteiger partial charge in [0.2, 0.25) is 5.91 Å². The highest BCUT2D eigenvalue weighted by molar-refractivity contribution is 5.75. The molecular formula is C12H19N5O3. The van der Waals surface area contributed by atoms with Gasteiger partial charge in [-0.1, -0.05) is 0 Å². The largest absolute Gasteiger partial charge is 0.353 e. The van der Waals surface area contributed by atoms with E-state index >= 15 is 0 Å². The number of rotatable bonds is 5. The highest BCUT2D eigenvalue weighted by atomic mass is 16.6. The number of hydrogen-bond acceptors (Lipinski definition) is 5. The lowest BCUT2D eigenvalue weighted by atomic mass is 10.2. The van der Waals surface area contributed by atoms with E-state index in [0.717, 1.165) is 19.0 Å². The second-order valence-electron chi connectivity index (χ2n) is 5.20. The third kappa shape index (κ3) is 3.32. The SMILES string of the molecule is C[C@H]1CC[C@@H](CNC(=O)Cn2cc([N+](=O)[O-])cn2)N1C. The van der Waals surface area contributed by atoms with E-state index in [2.05, 4.69) is 29.3 Å². The Hall–Kier alpha value is -1.96. The quantitative estimate of drug-likeness (QED) is 0.622. The first-order chi connectivity index (χ1) is 9.47. The topological polar surface area (TPSA) is 93.3 Å². The molecular weight excluding hydrogens is 262 g/mol. The fourth-order valence-corrected chi connectivity index (χ4v) is 2.41. The van der Waals surface area contributed by atoms with Crippen molar-refractivity contribution in [1.82, 2.24) is 20.0 Å². The molecule has 1 aliphatic heterocycles. The van der Waals surface area contributed by atoms with Crippen LogP contribution in [-0.2, 0) is 11.3 Å². The average molecular weight is 281 g/mol. The van der Waals surface area contributed by atoms with Crippen LogP contribution in [0.4, 0.5) is 5.69 Å². The van der Waals surface area contributed by atoms with Crippen LogP contribution < -0.4 is 5.32 Å². The van der Waals surface area contributed by atoms with Gasteiger partial charge in [-0.2, -0.15) is 5.10 Å². The molecule has 1 aliphatic rings. The third-order valence-corrected chi connectivity index (χ3v) is 3.86. The van der Waals surface area contributed by atoms with Crippen LogP contribution in [0, 0.1) is 10.1 Å². The van der Waals surface area contributed by atoms with Gasteiger partial charge in [0.05, 0.1) is 4.92 Å². The molecule has 1 N–H and O–H groups in total. The maximum atomic E-state index is 11.8. The number of carbonyl (C=O) groups is 1. The van der Waals surface area contributed by atoms with Crippen molar-refractivity contribution in [2.75, 3.05) is 13.6 Å². The predicted octanol–water partition coefficient (Wildman–Crippen LogP) is 0.390. The van der Waals surface area contributed by atoms with E-state index in [1.807, 2.05) is 0 Å². The molecule has 1 aromatic heterocycles. The zero-order chi connectivity index (χ0) is 14.7. The smallest absolute Gasteiger partial charge is 0.307 e. The number of amides is 1.